The van der Waals surface area contributed by atoms with E-state index in [1.165, 1.54) is 0 Å². The quantitative estimate of drug-likeness (QED) is 0.353. The highest BCUT2D eigenvalue weighted by molar-refractivity contribution is 5.95. The van der Waals surface area contributed by atoms with E-state index >= 15 is 0 Å². The molecule has 1 saturated heterocycles. The number of nitrogens with zero attached hydrogens (tertiary/aromatic N) is 4. The Balaban J connectivity index is 2.19. The Morgan fingerprint density at radius 3 is 3.11 bits per heavy atom. The third-order valence-corrected chi connectivity index (χ3v) is 3.18. The van der Waals surface area contributed by atoms with Crippen LogP contribution in [0.2, 0.25) is 0 Å². The molecule has 2 heterocycles. The van der Waals surface area contributed by atoms with Crippen molar-refractivity contribution in [1.29, 1.82) is 0 Å². The summed E-state index contributed by atoms with van der Waals surface area (Å²) in [6.45, 7) is 4.37. The van der Waals surface area contributed by atoms with Gasteiger partial charge in [-0.25, -0.2) is 9.97 Å². The van der Waals surface area contributed by atoms with Crippen LogP contribution in [0.15, 0.2) is 11.2 Å². The maximum atomic E-state index is 8.72. The van der Waals surface area contributed by atoms with Crippen LogP contribution < -0.4 is 10.6 Å². The molecule has 0 bridgehead atoms. The number of oxime groups is 1. The van der Waals surface area contributed by atoms with Crippen molar-refractivity contribution in [2.45, 2.75) is 13.3 Å². The predicted octanol–water partition coefficient (Wildman–Crippen LogP) is 0.352. The van der Waals surface area contributed by atoms with Crippen LogP contribution in [-0.4, -0.2) is 47.8 Å². The van der Waals surface area contributed by atoms with E-state index in [0.717, 1.165) is 31.8 Å². The fourth-order valence-electron chi connectivity index (χ4n) is 2.26. The van der Waals surface area contributed by atoms with Crippen molar-refractivity contribution < 1.29 is 9.94 Å². The fourth-order valence-corrected chi connectivity index (χ4v) is 2.26. The molecule has 0 aromatic carbocycles. The maximum Gasteiger partial charge on any atom is 0.226 e. The highest BCUT2D eigenvalue weighted by atomic mass is 16.5. The minimum atomic E-state index is -0.000566. The Kier molecular flexibility index (Phi) is 4.16. The molecule has 2 rings (SSSR count). The molecule has 19 heavy (non-hydrogen) atoms. The zero-order valence-corrected chi connectivity index (χ0v) is 11.2. The second-order valence-corrected chi connectivity index (χ2v) is 4.74. The SMILES string of the molecule is COCC1CCN(c2nc(C)cc(/C(N)=N/O)n2)C1. The van der Waals surface area contributed by atoms with Gasteiger partial charge in [-0.05, 0) is 19.4 Å². The van der Waals surface area contributed by atoms with Crippen molar-refractivity contribution >= 4 is 11.8 Å². The Morgan fingerprint density at radius 1 is 1.63 bits per heavy atom. The monoisotopic (exact) mass is 265 g/mol. The molecule has 0 aliphatic carbocycles. The minimum absolute atomic E-state index is 0.000566. The van der Waals surface area contributed by atoms with Crippen LogP contribution in [0.1, 0.15) is 17.8 Å². The van der Waals surface area contributed by atoms with E-state index < -0.39 is 0 Å². The van der Waals surface area contributed by atoms with Crippen LogP contribution in [0.25, 0.3) is 0 Å². The molecule has 0 saturated carbocycles. The van der Waals surface area contributed by atoms with E-state index in [-0.39, 0.29) is 5.84 Å². The molecule has 0 radical (unpaired) electrons. The van der Waals surface area contributed by atoms with Crippen LogP contribution in [0.3, 0.4) is 0 Å². The van der Waals surface area contributed by atoms with Crippen molar-refractivity contribution in [3.05, 3.63) is 17.5 Å². The Hall–Kier alpha value is -1.89. The largest absolute Gasteiger partial charge is 0.409 e. The Bertz CT molecular complexity index is 477. The van der Waals surface area contributed by atoms with Crippen molar-refractivity contribution in [2.75, 3.05) is 31.7 Å². The smallest absolute Gasteiger partial charge is 0.226 e. The van der Waals surface area contributed by atoms with Crippen molar-refractivity contribution in [2.24, 2.45) is 16.8 Å². The molecule has 0 amide bonds. The average molecular weight is 265 g/mol. The molecule has 1 aromatic heterocycles. The van der Waals surface area contributed by atoms with Gasteiger partial charge in [0.1, 0.15) is 5.69 Å². The van der Waals surface area contributed by atoms with Crippen LogP contribution in [0.5, 0.6) is 0 Å². The number of aromatic nitrogens is 2. The zero-order valence-electron chi connectivity index (χ0n) is 11.2. The van der Waals surface area contributed by atoms with Gasteiger partial charge in [0.2, 0.25) is 5.95 Å². The summed E-state index contributed by atoms with van der Waals surface area (Å²) in [7, 11) is 1.71. The summed E-state index contributed by atoms with van der Waals surface area (Å²) in [5.41, 5.74) is 6.81. The molecular formula is C12H19N5O2. The average Bonchev–Trinajstić information content (AvgIpc) is 2.86. The minimum Gasteiger partial charge on any atom is -0.409 e. The summed E-state index contributed by atoms with van der Waals surface area (Å²) in [5, 5.41) is 11.7. The van der Waals surface area contributed by atoms with Gasteiger partial charge in [-0.1, -0.05) is 5.16 Å². The normalized spacial score (nSPS) is 20.0. The molecule has 104 valence electrons. The van der Waals surface area contributed by atoms with Crippen molar-refractivity contribution in [1.82, 2.24) is 9.97 Å². The van der Waals surface area contributed by atoms with E-state index in [1.54, 1.807) is 13.2 Å². The number of rotatable bonds is 4. The number of aryl methyl sites for hydroxylation is 1. The van der Waals surface area contributed by atoms with E-state index in [0.29, 0.717) is 17.6 Å². The van der Waals surface area contributed by atoms with Gasteiger partial charge in [-0.3, -0.25) is 0 Å². The molecule has 7 heteroatoms. The lowest BCUT2D eigenvalue weighted by molar-refractivity contribution is 0.161. The first-order chi connectivity index (χ1) is 9.13. The number of hydrogen-bond acceptors (Lipinski definition) is 6. The first kappa shape index (κ1) is 13.5. The lowest BCUT2D eigenvalue weighted by Gasteiger charge is -2.17. The first-order valence-electron chi connectivity index (χ1n) is 6.21. The zero-order chi connectivity index (χ0) is 13.8. The topological polar surface area (TPSA) is 96.9 Å². The molecule has 3 N–H and O–H groups in total. The van der Waals surface area contributed by atoms with E-state index in [9.17, 15) is 0 Å². The standard InChI is InChI=1S/C12H19N5O2/c1-8-5-10(11(13)16-18)15-12(14-8)17-4-3-9(6-17)7-19-2/h5,9,18H,3-4,6-7H2,1-2H3,(H2,13,16). The summed E-state index contributed by atoms with van der Waals surface area (Å²) in [5.74, 6) is 1.13. The molecule has 1 unspecified atom stereocenters. The Labute approximate surface area is 112 Å². The number of nitrogens with two attached hydrogens (primary N) is 1. The lowest BCUT2D eigenvalue weighted by atomic mass is 10.1. The molecule has 1 aliphatic rings. The second kappa shape index (κ2) is 5.83. The molecule has 1 atom stereocenters. The fraction of sp³-hybridized carbons (Fsp3) is 0.583. The van der Waals surface area contributed by atoms with E-state index in [4.69, 9.17) is 15.7 Å². The molecule has 7 nitrogen and oxygen atoms in total. The third kappa shape index (κ3) is 3.11. The summed E-state index contributed by atoms with van der Waals surface area (Å²) >= 11 is 0. The van der Waals surface area contributed by atoms with Crippen LogP contribution >= 0.6 is 0 Å². The molecular weight excluding hydrogens is 246 g/mol. The van der Waals surface area contributed by atoms with E-state index in [1.807, 2.05) is 6.92 Å². The summed E-state index contributed by atoms with van der Waals surface area (Å²) in [6.07, 6.45) is 1.06. The van der Waals surface area contributed by atoms with Gasteiger partial charge in [0.15, 0.2) is 5.84 Å². The number of anilines is 1. The molecule has 0 spiro atoms. The van der Waals surface area contributed by atoms with Crippen LogP contribution in [0, 0.1) is 12.8 Å². The number of methoxy groups -OCH3 is 1. The number of amidine groups is 1. The molecule has 1 aliphatic heterocycles. The van der Waals surface area contributed by atoms with Gasteiger partial charge in [0.25, 0.3) is 0 Å². The Morgan fingerprint density at radius 2 is 2.42 bits per heavy atom. The highest BCUT2D eigenvalue weighted by Gasteiger charge is 2.24. The van der Waals surface area contributed by atoms with Gasteiger partial charge >= 0.3 is 0 Å². The summed E-state index contributed by atoms with van der Waals surface area (Å²) < 4.78 is 5.17. The predicted molar refractivity (Wildman–Crippen MR) is 71.5 cm³/mol. The second-order valence-electron chi connectivity index (χ2n) is 4.74. The maximum absolute atomic E-state index is 8.72. The summed E-state index contributed by atoms with van der Waals surface area (Å²) in [4.78, 5) is 10.9. The van der Waals surface area contributed by atoms with E-state index in [2.05, 4.69) is 20.0 Å². The first-order valence-corrected chi connectivity index (χ1v) is 6.21. The molecule has 1 fully saturated rings. The third-order valence-electron chi connectivity index (χ3n) is 3.18. The van der Waals surface area contributed by atoms with Crippen molar-refractivity contribution in [3.63, 3.8) is 0 Å². The number of ether oxygens (including phenoxy) is 1. The van der Waals surface area contributed by atoms with Crippen molar-refractivity contribution in [3.8, 4) is 0 Å². The van der Waals surface area contributed by atoms with Gasteiger partial charge < -0.3 is 20.6 Å². The van der Waals surface area contributed by atoms with Gasteiger partial charge in [-0.15, -0.1) is 0 Å². The van der Waals surface area contributed by atoms with Crippen LogP contribution in [0.4, 0.5) is 5.95 Å². The number of hydrogen-bond donors (Lipinski definition) is 2. The van der Waals surface area contributed by atoms with Gasteiger partial charge in [0.05, 0.1) is 6.61 Å². The lowest BCUT2D eigenvalue weighted by Crippen LogP contribution is -2.25. The van der Waals surface area contributed by atoms with Gasteiger partial charge in [0, 0.05) is 31.8 Å². The van der Waals surface area contributed by atoms with Crippen LogP contribution in [-0.2, 0) is 4.74 Å². The molecule has 1 aromatic rings. The summed E-state index contributed by atoms with van der Waals surface area (Å²) in [6, 6.07) is 1.70. The highest BCUT2D eigenvalue weighted by Crippen LogP contribution is 2.21. The van der Waals surface area contributed by atoms with Gasteiger partial charge in [-0.2, -0.15) is 0 Å².